The van der Waals surface area contributed by atoms with Crippen molar-refractivity contribution in [2.75, 3.05) is 38.3 Å². The van der Waals surface area contributed by atoms with Crippen LogP contribution in [0.15, 0.2) is 0 Å². The van der Waals surface area contributed by atoms with Crippen molar-refractivity contribution in [1.29, 1.82) is 5.26 Å². The molecule has 1 aliphatic heterocycles. The Labute approximate surface area is 77.7 Å². The van der Waals surface area contributed by atoms with Crippen molar-refractivity contribution < 1.29 is 4.74 Å². The van der Waals surface area contributed by atoms with E-state index in [1.165, 1.54) is 0 Å². The topological polar surface area (TPSA) is 36.3 Å². The van der Waals surface area contributed by atoms with Gasteiger partial charge in [-0.3, -0.25) is 4.90 Å². The van der Waals surface area contributed by atoms with Crippen molar-refractivity contribution in [2.45, 2.75) is 6.04 Å². The third-order valence-corrected chi connectivity index (χ3v) is 2.99. The van der Waals surface area contributed by atoms with Crippen LogP contribution in [-0.4, -0.2) is 49.3 Å². The molecule has 1 saturated heterocycles. The molecule has 0 N–H and O–H groups in total. The molecule has 0 aromatic carbocycles. The van der Waals surface area contributed by atoms with Gasteiger partial charge in [0.15, 0.2) is 0 Å². The van der Waals surface area contributed by atoms with Crippen LogP contribution in [-0.2, 0) is 4.74 Å². The van der Waals surface area contributed by atoms with Crippen LogP contribution in [0.25, 0.3) is 0 Å². The molecule has 1 heterocycles. The summed E-state index contributed by atoms with van der Waals surface area (Å²) in [5, 5.41) is 8.81. The molecule has 0 aromatic rings. The highest BCUT2D eigenvalue weighted by Gasteiger charge is 2.21. The summed E-state index contributed by atoms with van der Waals surface area (Å²) in [5.74, 6) is 2.09. The minimum absolute atomic E-state index is 0.0962. The molecule has 3 nitrogen and oxygen atoms in total. The van der Waals surface area contributed by atoms with Gasteiger partial charge in [-0.05, 0) is 0 Å². The van der Waals surface area contributed by atoms with Gasteiger partial charge in [0.05, 0.1) is 12.7 Å². The molecule has 68 valence electrons. The van der Waals surface area contributed by atoms with Gasteiger partial charge in [0.1, 0.15) is 6.04 Å². The fourth-order valence-corrected chi connectivity index (χ4v) is 2.27. The zero-order chi connectivity index (χ0) is 8.81. The summed E-state index contributed by atoms with van der Waals surface area (Å²) in [6, 6.07) is 2.41. The average molecular weight is 186 g/mol. The second-order valence-corrected chi connectivity index (χ2v) is 3.90. The third-order valence-electron chi connectivity index (χ3n) is 1.97. The van der Waals surface area contributed by atoms with Crippen LogP contribution in [0.1, 0.15) is 0 Å². The van der Waals surface area contributed by atoms with Gasteiger partial charge in [-0.2, -0.15) is 17.0 Å². The van der Waals surface area contributed by atoms with E-state index in [-0.39, 0.29) is 6.04 Å². The molecule has 0 aliphatic carbocycles. The standard InChI is InChI=1S/C8H14N2OS/c1-11-4-2-10-3-5-12-7-8(10)6-9/h8H,2-5,7H2,1H3. The zero-order valence-corrected chi connectivity index (χ0v) is 8.14. The minimum atomic E-state index is 0.0962. The predicted molar refractivity (Wildman–Crippen MR) is 50.2 cm³/mol. The number of nitriles is 1. The molecule has 0 radical (unpaired) electrons. The lowest BCUT2D eigenvalue weighted by Gasteiger charge is -2.30. The SMILES string of the molecule is COCCN1CCSCC1C#N. The lowest BCUT2D eigenvalue weighted by Crippen LogP contribution is -2.43. The summed E-state index contributed by atoms with van der Waals surface area (Å²) in [5.41, 5.74) is 0. The van der Waals surface area contributed by atoms with Gasteiger partial charge in [-0.25, -0.2) is 0 Å². The second-order valence-electron chi connectivity index (χ2n) is 2.75. The molecule has 0 bridgehead atoms. The van der Waals surface area contributed by atoms with E-state index in [9.17, 15) is 0 Å². The molecule has 1 unspecified atom stereocenters. The molecule has 1 rings (SSSR count). The highest BCUT2D eigenvalue weighted by molar-refractivity contribution is 7.99. The second kappa shape index (κ2) is 5.41. The summed E-state index contributed by atoms with van der Waals surface area (Å²) in [6.45, 7) is 2.63. The normalized spacial score (nSPS) is 25.2. The fraction of sp³-hybridized carbons (Fsp3) is 0.875. The monoisotopic (exact) mass is 186 g/mol. The number of hydrogen-bond acceptors (Lipinski definition) is 4. The number of ether oxygens (including phenoxy) is 1. The van der Waals surface area contributed by atoms with Crippen molar-refractivity contribution in [3.63, 3.8) is 0 Å². The van der Waals surface area contributed by atoms with E-state index in [1.54, 1.807) is 7.11 Å². The van der Waals surface area contributed by atoms with E-state index in [1.807, 2.05) is 11.8 Å². The van der Waals surface area contributed by atoms with Gasteiger partial charge in [-0.15, -0.1) is 0 Å². The Bertz CT molecular complexity index is 169. The molecule has 4 heteroatoms. The van der Waals surface area contributed by atoms with Gasteiger partial charge >= 0.3 is 0 Å². The zero-order valence-electron chi connectivity index (χ0n) is 7.32. The van der Waals surface area contributed by atoms with Crippen molar-refractivity contribution >= 4 is 11.8 Å². The van der Waals surface area contributed by atoms with Gasteiger partial charge in [-0.1, -0.05) is 0 Å². The highest BCUT2D eigenvalue weighted by atomic mass is 32.2. The van der Waals surface area contributed by atoms with E-state index >= 15 is 0 Å². The summed E-state index contributed by atoms with van der Waals surface area (Å²) >= 11 is 1.86. The van der Waals surface area contributed by atoms with Gasteiger partial charge in [0.2, 0.25) is 0 Å². The highest BCUT2D eigenvalue weighted by Crippen LogP contribution is 2.14. The largest absolute Gasteiger partial charge is 0.383 e. The van der Waals surface area contributed by atoms with Crippen molar-refractivity contribution in [3.8, 4) is 6.07 Å². The molecule has 0 spiro atoms. The Morgan fingerprint density at radius 1 is 1.75 bits per heavy atom. The Morgan fingerprint density at radius 3 is 3.25 bits per heavy atom. The van der Waals surface area contributed by atoms with Crippen LogP contribution in [0.3, 0.4) is 0 Å². The van der Waals surface area contributed by atoms with Gasteiger partial charge < -0.3 is 4.74 Å². The minimum Gasteiger partial charge on any atom is -0.383 e. The lowest BCUT2D eigenvalue weighted by atomic mass is 10.3. The summed E-state index contributed by atoms with van der Waals surface area (Å²) in [4.78, 5) is 2.19. The molecule has 0 amide bonds. The molecule has 0 aromatic heterocycles. The maximum Gasteiger partial charge on any atom is 0.107 e. The van der Waals surface area contributed by atoms with E-state index in [4.69, 9.17) is 10.00 Å². The molecule has 1 fully saturated rings. The van der Waals surface area contributed by atoms with Gasteiger partial charge in [0, 0.05) is 31.7 Å². The third kappa shape index (κ3) is 2.67. The first kappa shape index (κ1) is 9.85. The van der Waals surface area contributed by atoms with Crippen molar-refractivity contribution in [1.82, 2.24) is 4.90 Å². The number of thioether (sulfide) groups is 1. The first-order chi connectivity index (χ1) is 5.88. The number of hydrogen-bond donors (Lipinski definition) is 0. The summed E-state index contributed by atoms with van der Waals surface area (Å²) < 4.78 is 4.98. The van der Waals surface area contributed by atoms with Crippen LogP contribution in [0.4, 0.5) is 0 Å². The van der Waals surface area contributed by atoms with Crippen LogP contribution in [0.2, 0.25) is 0 Å². The van der Waals surface area contributed by atoms with Crippen LogP contribution < -0.4 is 0 Å². The first-order valence-electron chi connectivity index (χ1n) is 4.09. The fourth-order valence-electron chi connectivity index (χ4n) is 1.23. The van der Waals surface area contributed by atoms with Crippen LogP contribution in [0.5, 0.6) is 0 Å². The Balaban J connectivity index is 2.32. The average Bonchev–Trinajstić information content (AvgIpc) is 2.15. The number of methoxy groups -OCH3 is 1. The number of nitrogens with zero attached hydrogens (tertiary/aromatic N) is 2. The summed E-state index contributed by atoms with van der Waals surface area (Å²) in [7, 11) is 1.69. The maximum absolute atomic E-state index is 8.81. The molecule has 12 heavy (non-hydrogen) atoms. The van der Waals surface area contributed by atoms with Crippen LogP contribution >= 0.6 is 11.8 Å². The van der Waals surface area contributed by atoms with E-state index in [2.05, 4.69) is 11.0 Å². The smallest absolute Gasteiger partial charge is 0.107 e. The molecular weight excluding hydrogens is 172 g/mol. The molecule has 1 aliphatic rings. The quantitative estimate of drug-likeness (QED) is 0.646. The van der Waals surface area contributed by atoms with Crippen molar-refractivity contribution in [2.24, 2.45) is 0 Å². The molecule has 1 atom stereocenters. The van der Waals surface area contributed by atoms with E-state index in [0.29, 0.717) is 0 Å². The Hall–Kier alpha value is -0.240. The number of rotatable bonds is 3. The van der Waals surface area contributed by atoms with E-state index < -0.39 is 0 Å². The maximum atomic E-state index is 8.81. The van der Waals surface area contributed by atoms with Gasteiger partial charge in [0.25, 0.3) is 0 Å². The van der Waals surface area contributed by atoms with Crippen LogP contribution in [0, 0.1) is 11.3 Å². The summed E-state index contributed by atoms with van der Waals surface area (Å²) in [6.07, 6.45) is 0. The predicted octanol–water partition coefficient (Wildman–Crippen LogP) is 0.574. The van der Waals surface area contributed by atoms with Crippen molar-refractivity contribution in [3.05, 3.63) is 0 Å². The molecular formula is C8H14N2OS. The van der Waals surface area contributed by atoms with E-state index in [0.717, 1.165) is 31.2 Å². The Morgan fingerprint density at radius 2 is 2.58 bits per heavy atom. The molecule has 0 saturated carbocycles. The lowest BCUT2D eigenvalue weighted by molar-refractivity contribution is 0.141. The Kier molecular flexibility index (Phi) is 4.44. The first-order valence-corrected chi connectivity index (χ1v) is 5.24.